The molecule has 5 nitrogen and oxygen atoms in total. The highest BCUT2D eigenvalue weighted by Gasteiger charge is 2.33. The molecule has 0 aliphatic heterocycles. The molecule has 2 rings (SSSR count). The number of aromatic nitrogens is 3. The minimum atomic E-state index is -0.399. The van der Waals surface area contributed by atoms with Gasteiger partial charge < -0.3 is 15.4 Å². The van der Waals surface area contributed by atoms with Crippen molar-refractivity contribution >= 4 is 11.8 Å². The molecule has 1 aromatic heterocycles. The van der Waals surface area contributed by atoms with Crippen LogP contribution in [-0.4, -0.2) is 37.3 Å². The Kier molecular flexibility index (Phi) is 3.75. The second kappa shape index (κ2) is 4.96. The lowest BCUT2D eigenvalue weighted by molar-refractivity contribution is 0.159. The van der Waals surface area contributed by atoms with Gasteiger partial charge in [-0.25, -0.2) is 0 Å². The van der Waals surface area contributed by atoms with Crippen molar-refractivity contribution in [3.05, 3.63) is 5.82 Å². The molecule has 0 radical (unpaired) electrons. The smallest absolute Gasteiger partial charge is 0.191 e. The van der Waals surface area contributed by atoms with Crippen LogP contribution in [0.3, 0.4) is 0 Å². The maximum absolute atomic E-state index is 9.33. The fourth-order valence-corrected chi connectivity index (χ4v) is 3.60. The topological polar surface area (TPSA) is 77.0 Å². The average molecular weight is 256 g/mol. The van der Waals surface area contributed by atoms with Crippen molar-refractivity contribution in [1.29, 1.82) is 0 Å². The lowest BCUT2D eigenvalue weighted by Gasteiger charge is -2.35. The Balaban J connectivity index is 2.02. The van der Waals surface area contributed by atoms with Crippen molar-refractivity contribution in [2.24, 2.45) is 12.8 Å². The van der Waals surface area contributed by atoms with Gasteiger partial charge in [-0.15, -0.1) is 10.2 Å². The molecule has 3 N–H and O–H groups in total. The molecule has 1 aliphatic carbocycles. The fraction of sp³-hybridized carbons (Fsp3) is 0.818. The number of aryl methyl sites for hydroxylation is 1. The zero-order valence-electron chi connectivity index (χ0n) is 10.4. The van der Waals surface area contributed by atoms with Gasteiger partial charge in [0, 0.05) is 17.8 Å². The molecule has 0 saturated heterocycles. The molecular formula is C11H20N4OS. The Morgan fingerprint density at radius 2 is 2.35 bits per heavy atom. The maximum Gasteiger partial charge on any atom is 0.191 e. The molecule has 1 aromatic rings. The van der Waals surface area contributed by atoms with Crippen molar-refractivity contribution in [3.8, 4) is 0 Å². The fourth-order valence-electron chi connectivity index (χ4n) is 2.22. The van der Waals surface area contributed by atoms with E-state index in [0.29, 0.717) is 5.25 Å². The first-order valence-electron chi connectivity index (χ1n) is 5.96. The number of nitrogens with two attached hydrogens (primary N) is 1. The van der Waals surface area contributed by atoms with Crippen LogP contribution in [0, 0.1) is 6.92 Å². The standard InChI is InChI=1S/C11H20N4OS/c1-8-13-14-10(15(8)2)17-9-4-3-5-11(12,6-9)7-16/h9,16H,3-7,12H2,1-2H3. The largest absolute Gasteiger partial charge is 0.394 e. The van der Waals surface area contributed by atoms with E-state index in [1.165, 1.54) is 0 Å². The minimum Gasteiger partial charge on any atom is -0.394 e. The number of nitrogens with zero attached hydrogens (tertiary/aromatic N) is 3. The minimum absolute atomic E-state index is 0.0713. The molecule has 2 atom stereocenters. The number of thioether (sulfide) groups is 1. The highest BCUT2D eigenvalue weighted by atomic mass is 32.2. The van der Waals surface area contributed by atoms with Crippen molar-refractivity contribution in [2.75, 3.05) is 6.61 Å². The average Bonchev–Trinajstić information content (AvgIpc) is 2.61. The first-order chi connectivity index (χ1) is 8.04. The Labute approximate surface area is 106 Å². The number of aliphatic hydroxyl groups is 1. The quantitative estimate of drug-likeness (QED) is 0.838. The first kappa shape index (κ1) is 12.9. The van der Waals surface area contributed by atoms with Crippen LogP contribution in [0.15, 0.2) is 5.16 Å². The van der Waals surface area contributed by atoms with Crippen molar-refractivity contribution in [3.63, 3.8) is 0 Å². The van der Waals surface area contributed by atoms with Crippen LogP contribution in [0.1, 0.15) is 31.5 Å². The first-order valence-corrected chi connectivity index (χ1v) is 6.84. The van der Waals surface area contributed by atoms with Crippen LogP contribution in [0.4, 0.5) is 0 Å². The second-order valence-corrected chi connectivity index (χ2v) is 6.21. The molecule has 1 heterocycles. The van der Waals surface area contributed by atoms with E-state index < -0.39 is 5.54 Å². The lowest BCUT2D eigenvalue weighted by atomic mass is 9.83. The molecular weight excluding hydrogens is 236 g/mol. The Morgan fingerprint density at radius 1 is 1.59 bits per heavy atom. The highest BCUT2D eigenvalue weighted by Crippen LogP contribution is 2.36. The summed E-state index contributed by atoms with van der Waals surface area (Å²) in [6, 6.07) is 0. The zero-order chi connectivity index (χ0) is 12.5. The molecule has 17 heavy (non-hydrogen) atoms. The number of hydrogen-bond acceptors (Lipinski definition) is 5. The molecule has 0 aromatic carbocycles. The third-order valence-corrected chi connectivity index (χ3v) is 4.78. The SMILES string of the molecule is Cc1nnc(SC2CCCC(N)(CO)C2)n1C. The van der Waals surface area contributed by atoms with Gasteiger partial charge in [-0.05, 0) is 26.2 Å². The number of hydrogen-bond donors (Lipinski definition) is 2. The van der Waals surface area contributed by atoms with Gasteiger partial charge in [0.1, 0.15) is 5.82 Å². The Morgan fingerprint density at radius 3 is 2.94 bits per heavy atom. The summed E-state index contributed by atoms with van der Waals surface area (Å²) in [7, 11) is 1.97. The summed E-state index contributed by atoms with van der Waals surface area (Å²) in [5.74, 6) is 0.921. The second-order valence-electron chi connectivity index (χ2n) is 4.95. The van der Waals surface area contributed by atoms with Gasteiger partial charge in [0.25, 0.3) is 0 Å². The van der Waals surface area contributed by atoms with Gasteiger partial charge in [0.2, 0.25) is 0 Å². The molecule has 0 amide bonds. The highest BCUT2D eigenvalue weighted by molar-refractivity contribution is 7.99. The molecule has 0 bridgehead atoms. The predicted molar refractivity (Wildman–Crippen MR) is 67.9 cm³/mol. The van der Waals surface area contributed by atoms with Crippen molar-refractivity contribution in [1.82, 2.24) is 14.8 Å². The monoisotopic (exact) mass is 256 g/mol. The van der Waals surface area contributed by atoms with Gasteiger partial charge in [0.05, 0.1) is 6.61 Å². The third-order valence-electron chi connectivity index (χ3n) is 3.47. The summed E-state index contributed by atoms with van der Waals surface area (Å²) in [6.07, 6.45) is 3.97. The number of rotatable bonds is 3. The van der Waals surface area contributed by atoms with E-state index in [2.05, 4.69) is 10.2 Å². The summed E-state index contributed by atoms with van der Waals surface area (Å²) in [6.45, 7) is 2.01. The van der Waals surface area contributed by atoms with Crippen LogP contribution < -0.4 is 5.73 Å². The van der Waals surface area contributed by atoms with E-state index in [1.54, 1.807) is 11.8 Å². The molecule has 96 valence electrons. The van der Waals surface area contributed by atoms with E-state index in [4.69, 9.17) is 5.73 Å². The summed E-state index contributed by atoms with van der Waals surface area (Å²) >= 11 is 1.73. The molecule has 0 spiro atoms. The van der Waals surface area contributed by atoms with E-state index >= 15 is 0 Å². The van der Waals surface area contributed by atoms with Crippen LogP contribution in [0.5, 0.6) is 0 Å². The summed E-state index contributed by atoms with van der Waals surface area (Å²) < 4.78 is 2.00. The molecule has 6 heteroatoms. The van der Waals surface area contributed by atoms with Crippen LogP contribution in [-0.2, 0) is 7.05 Å². The number of aliphatic hydroxyl groups excluding tert-OH is 1. The third kappa shape index (κ3) is 2.81. The molecule has 1 saturated carbocycles. The summed E-state index contributed by atoms with van der Waals surface area (Å²) in [4.78, 5) is 0. The van der Waals surface area contributed by atoms with E-state index in [9.17, 15) is 5.11 Å². The predicted octanol–water partition coefficient (Wildman–Crippen LogP) is 0.848. The molecule has 1 fully saturated rings. The zero-order valence-corrected chi connectivity index (χ0v) is 11.2. The van der Waals surface area contributed by atoms with Gasteiger partial charge in [0.15, 0.2) is 5.16 Å². The lowest BCUT2D eigenvalue weighted by Crippen LogP contribution is -2.48. The van der Waals surface area contributed by atoms with Gasteiger partial charge in [-0.3, -0.25) is 0 Å². The molecule has 2 unspecified atom stereocenters. The van der Waals surface area contributed by atoms with E-state index in [-0.39, 0.29) is 6.61 Å². The molecule has 1 aliphatic rings. The normalized spacial score (nSPS) is 29.5. The summed E-state index contributed by atoms with van der Waals surface area (Å²) in [5, 5.41) is 18.9. The van der Waals surface area contributed by atoms with Gasteiger partial charge in [-0.2, -0.15) is 0 Å². The maximum atomic E-state index is 9.33. The summed E-state index contributed by atoms with van der Waals surface area (Å²) in [5.41, 5.74) is 5.74. The Hall–Kier alpha value is -0.590. The van der Waals surface area contributed by atoms with Crippen LogP contribution >= 0.6 is 11.8 Å². The Bertz CT molecular complexity index is 395. The van der Waals surface area contributed by atoms with E-state index in [1.807, 2.05) is 18.5 Å². The van der Waals surface area contributed by atoms with Crippen LogP contribution in [0.2, 0.25) is 0 Å². The van der Waals surface area contributed by atoms with Gasteiger partial charge >= 0.3 is 0 Å². The van der Waals surface area contributed by atoms with Crippen molar-refractivity contribution < 1.29 is 5.11 Å². The van der Waals surface area contributed by atoms with E-state index in [0.717, 1.165) is 36.7 Å². The van der Waals surface area contributed by atoms with Crippen molar-refractivity contribution in [2.45, 2.75) is 48.6 Å². The van der Waals surface area contributed by atoms with Crippen LogP contribution in [0.25, 0.3) is 0 Å². The van der Waals surface area contributed by atoms with Gasteiger partial charge in [-0.1, -0.05) is 18.2 Å².